The fraction of sp³-hybridized carbons (Fsp3) is 0. The number of pyridine rings is 1. The number of hydrogen-bond donors (Lipinski definition) is 1. The van der Waals surface area contributed by atoms with Gasteiger partial charge in [0.15, 0.2) is 5.78 Å². The van der Waals surface area contributed by atoms with E-state index in [2.05, 4.69) is 4.98 Å². The molecule has 0 amide bonds. The SMILES string of the molecule is O=C(C=Cc1cccc(=O)[nH]1)c1ccccc1. The van der Waals surface area contributed by atoms with E-state index in [4.69, 9.17) is 0 Å². The van der Waals surface area contributed by atoms with Crippen LogP contribution < -0.4 is 5.56 Å². The Bertz CT molecular complexity index is 597. The molecular weight excluding hydrogens is 214 g/mol. The van der Waals surface area contributed by atoms with Gasteiger partial charge in [-0.3, -0.25) is 9.59 Å². The first kappa shape index (κ1) is 11.1. The monoisotopic (exact) mass is 225 g/mol. The zero-order valence-corrected chi connectivity index (χ0v) is 9.09. The molecule has 0 unspecified atom stereocenters. The molecule has 0 saturated carbocycles. The van der Waals surface area contributed by atoms with Gasteiger partial charge >= 0.3 is 0 Å². The van der Waals surface area contributed by atoms with Crippen LogP contribution in [0.15, 0.2) is 59.4 Å². The number of carbonyl (C=O) groups excluding carboxylic acids is 1. The molecule has 0 aliphatic heterocycles. The number of ketones is 1. The minimum absolute atomic E-state index is 0.0877. The van der Waals surface area contributed by atoms with Crippen LogP contribution in [0.3, 0.4) is 0 Å². The zero-order valence-electron chi connectivity index (χ0n) is 9.09. The van der Waals surface area contributed by atoms with Gasteiger partial charge in [-0.15, -0.1) is 0 Å². The number of aromatic nitrogens is 1. The molecule has 0 fully saturated rings. The van der Waals surface area contributed by atoms with E-state index in [0.717, 1.165) is 0 Å². The molecule has 17 heavy (non-hydrogen) atoms. The van der Waals surface area contributed by atoms with Crippen LogP contribution in [0.2, 0.25) is 0 Å². The fourth-order valence-electron chi connectivity index (χ4n) is 1.43. The Morgan fingerprint density at radius 2 is 1.76 bits per heavy atom. The molecule has 0 bridgehead atoms. The first-order valence-electron chi connectivity index (χ1n) is 5.22. The Morgan fingerprint density at radius 3 is 2.47 bits per heavy atom. The van der Waals surface area contributed by atoms with Crippen LogP contribution in [0, 0.1) is 0 Å². The fourth-order valence-corrected chi connectivity index (χ4v) is 1.43. The van der Waals surface area contributed by atoms with Gasteiger partial charge < -0.3 is 4.98 Å². The van der Waals surface area contributed by atoms with Crippen molar-refractivity contribution in [1.29, 1.82) is 0 Å². The number of rotatable bonds is 3. The van der Waals surface area contributed by atoms with E-state index in [1.54, 1.807) is 30.3 Å². The molecule has 0 aliphatic rings. The molecule has 84 valence electrons. The molecule has 1 aromatic heterocycles. The summed E-state index contributed by atoms with van der Waals surface area (Å²) in [6.45, 7) is 0. The maximum atomic E-state index is 11.7. The molecule has 0 saturated heterocycles. The number of hydrogen-bond acceptors (Lipinski definition) is 2. The van der Waals surface area contributed by atoms with Crippen molar-refractivity contribution in [3.05, 3.63) is 76.2 Å². The highest BCUT2D eigenvalue weighted by Crippen LogP contribution is 2.02. The van der Waals surface area contributed by atoms with E-state index in [1.807, 2.05) is 18.2 Å². The molecule has 3 nitrogen and oxygen atoms in total. The highest BCUT2D eigenvalue weighted by atomic mass is 16.1. The van der Waals surface area contributed by atoms with Gasteiger partial charge in [-0.2, -0.15) is 0 Å². The zero-order chi connectivity index (χ0) is 12.1. The lowest BCUT2D eigenvalue weighted by Gasteiger charge is -1.94. The number of benzene rings is 1. The van der Waals surface area contributed by atoms with Gasteiger partial charge in [-0.05, 0) is 18.2 Å². The molecule has 2 rings (SSSR count). The van der Waals surface area contributed by atoms with E-state index in [0.29, 0.717) is 11.3 Å². The van der Waals surface area contributed by atoms with Crippen molar-refractivity contribution in [1.82, 2.24) is 4.98 Å². The summed E-state index contributed by atoms with van der Waals surface area (Å²) in [4.78, 5) is 25.4. The normalized spacial score (nSPS) is 10.6. The van der Waals surface area contributed by atoms with E-state index in [9.17, 15) is 9.59 Å². The molecule has 0 spiro atoms. The Balaban J connectivity index is 2.17. The smallest absolute Gasteiger partial charge is 0.248 e. The minimum Gasteiger partial charge on any atom is -0.323 e. The van der Waals surface area contributed by atoms with Crippen molar-refractivity contribution in [3.63, 3.8) is 0 Å². The second kappa shape index (κ2) is 5.07. The predicted molar refractivity (Wildman–Crippen MR) is 66.9 cm³/mol. The average Bonchev–Trinajstić information content (AvgIpc) is 2.37. The average molecular weight is 225 g/mol. The molecule has 1 N–H and O–H groups in total. The van der Waals surface area contributed by atoms with Crippen molar-refractivity contribution in [3.8, 4) is 0 Å². The van der Waals surface area contributed by atoms with Gasteiger partial charge in [0.2, 0.25) is 5.56 Å². The van der Waals surface area contributed by atoms with Crippen LogP contribution in [-0.4, -0.2) is 10.8 Å². The van der Waals surface area contributed by atoms with Crippen LogP contribution in [0.1, 0.15) is 16.1 Å². The molecule has 2 aromatic rings. The standard InChI is InChI=1S/C14H11NO2/c16-13(11-5-2-1-3-6-11)10-9-12-7-4-8-14(17)15-12/h1-10H,(H,15,17). The molecule has 1 heterocycles. The second-order valence-corrected chi connectivity index (χ2v) is 3.53. The quantitative estimate of drug-likeness (QED) is 0.643. The summed E-state index contributed by atoms with van der Waals surface area (Å²) in [5.74, 6) is -0.0877. The summed E-state index contributed by atoms with van der Waals surface area (Å²) in [6, 6.07) is 13.8. The summed E-state index contributed by atoms with van der Waals surface area (Å²) in [5.41, 5.74) is 1.06. The van der Waals surface area contributed by atoms with Crippen LogP contribution in [0.5, 0.6) is 0 Å². The highest BCUT2D eigenvalue weighted by Gasteiger charge is 1.99. The van der Waals surface area contributed by atoms with Crippen LogP contribution in [0.4, 0.5) is 0 Å². The summed E-state index contributed by atoms with van der Waals surface area (Å²) in [6.07, 6.45) is 3.04. The van der Waals surface area contributed by atoms with Gasteiger partial charge in [0, 0.05) is 17.3 Å². The lowest BCUT2D eigenvalue weighted by Crippen LogP contribution is -2.03. The third kappa shape index (κ3) is 3.01. The van der Waals surface area contributed by atoms with Crippen molar-refractivity contribution in [2.45, 2.75) is 0 Å². The third-order valence-electron chi connectivity index (χ3n) is 2.26. The summed E-state index contributed by atoms with van der Waals surface area (Å²) < 4.78 is 0. The molecule has 1 aromatic carbocycles. The molecular formula is C14H11NO2. The Kier molecular flexibility index (Phi) is 3.31. The summed E-state index contributed by atoms with van der Waals surface area (Å²) in [5, 5.41) is 0. The number of H-pyrrole nitrogens is 1. The number of nitrogens with one attached hydrogen (secondary N) is 1. The van der Waals surface area contributed by atoms with Crippen LogP contribution >= 0.6 is 0 Å². The van der Waals surface area contributed by atoms with Gasteiger partial charge in [-0.25, -0.2) is 0 Å². The molecule has 0 aliphatic carbocycles. The minimum atomic E-state index is -0.181. The van der Waals surface area contributed by atoms with Gasteiger partial charge in [-0.1, -0.05) is 36.4 Å². The van der Waals surface area contributed by atoms with Gasteiger partial charge in [0.1, 0.15) is 0 Å². The summed E-state index contributed by atoms with van der Waals surface area (Å²) in [7, 11) is 0. The molecule has 0 radical (unpaired) electrons. The van der Waals surface area contributed by atoms with Crippen molar-refractivity contribution in [2.24, 2.45) is 0 Å². The Labute approximate surface area is 98.4 Å². The maximum Gasteiger partial charge on any atom is 0.248 e. The topological polar surface area (TPSA) is 49.9 Å². The van der Waals surface area contributed by atoms with Crippen LogP contribution in [0.25, 0.3) is 6.08 Å². The number of carbonyl (C=O) groups is 1. The molecule has 3 heteroatoms. The number of allylic oxidation sites excluding steroid dienone is 1. The van der Waals surface area contributed by atoms with E-state index < -0.39 is 0 Å². The summed E-state index contributed by atoms with van der Waals surface area (Å²) >= 11 is 0. The maximum absolute atomic E-state index is 11.7. The Morgan fingerprint density at radius 1 is 1.00 bits per heavy atom. The second-order valence-electron chi connectivity index (χ2n) is 3.53. The number of aromatic amines is 1. The lowest BCUT2D eigenvalue weighted by molar-refractivity contribution is 0.104. The Hall–Kier alpha value is -2.42. The highest BCUT2D eigenvalue weighted by molar-refractivity contribution is 6.06. The van der Waals surface area contributed by atoms with E-state index >= 15 is 0 Å². The largest absolute Gasteiger partial charge is 0.323 e. The van der Waals surface area contributed by atoms with Crippen molar-refractivity contribution >= 4 is 11.9 Å². The van der Waals surface area contributed by atoms with E-state index in [1.165, 1.54) is 12.1 Å². The first-order valence-corrected chi connectivity index (χ1v) is 5.22. The molecule has 0 atom stereocenters. The third-order valence-corrected chi connectivity index (χ3v) is 2.26. The van der Waals surface area contributed by atoms with Crippen LogP contribution in [-0.2, 0) is 0 Å². The van der Waals surface area contributed by atoms with Gasteiger partial charge in [0.25, 0.3) is 0 Å². The van der Waals surface area contributed by atoms with Crippen molar-refractivity contribution in [2.75, 3.05) is 0 Å². The van der Waals surface area contributed by atoms with E-state index in [-0.39, 0.29) is 11.3 Å². The predicted octanol–water partition coefficient (Wildman–Crippen LogP) is 2.27. The van der Waals surface area contributed by atoms with Gasteiger partial charge in [0.05, 0.1) is 0 Å². The van der Waals surface area contributed by atoms with Crippen molar-refractivity contribution < 1.29 is 4.79 Å². The lowest BCUT2D eigenvalue weighted by atomic mass is 10.1. The first-order chi connectivity index (χ1) is 8.25.